The summed E-state index contributed by atoms with van der Waals surface area (Å²) in [5.41, 5.74) is 6.35. The van der Waals surface area contributed by atoms with Crippen LogP contribution in [0.25, 0.3) is 0 Å². The summed E-state index contributed by atoms with van der Waals surface area (Å²) in [7, 11) is 2.28. The lowest BCUT2D eigenvalue weighted by molar-refractivity contribution is 0.125. The lowest BCUT2D eigenvalue weighted by Crippen LogP contribution is -2.50. The zero-order chi connectivity index (χ0) is 12.1. The van der Waals surface area contributed by atoms with Crippen molar-refractivity contribution in [2.75, 3.05) is 39.8 Å². The predicted octanol–water partition coefficient (Wildman–Crippen LogP) is 1.68. The molecule has 0 spiro atoms. The number of nitrogens with two attached hydrogens (primary N) is 1. The highest BCUT2D eigenvalue weighted by Crippen LogP contribution is 2.33. The van der Waals surface area contributed by atoms with E-state index in [2.05, 4.69) is 16.8 Å². The molecular weight excluding hydrogens is 210 g/mol. The van der Waals surface area contributed by atoms with Gasteiger partial charge in [0.15, 0.2) is 0 Å². The normalized spacial score (nSPS) is 24.9. The average molecular weight is 239 g/mol. The third kappa shape index (κ3) is 3.21. The van der Waals surface area contributed by atoms with Crippen LogP contribution in [0.3, 0.4) is 0 Å². The molecule has 0 atom stereocenters. The molecular formula is C14H29N3. The molecule has 2 N–H and O–H groups in total. The van der Waals surface area contributed by atoms with Crippen molar-refractivity contribution in [1.82, 2.24) is 9.80 Å². The van der Waals surface area contributed by atoms with E-state index < -0.39 is 0 Å². The van der Waals surface area contributed by atoms with E-state index in [1.807, 2.05) is 0 Å². The fourth-order valence-corrected chi connectivity index (χ4v) is 3.55. The number of hydrogen-bond acceptors (Lipinski definition) is 3. The Morgan fingerprint density at radius 3 is 2.35 bits per heavy atom. The van der Waals surface area contributed by atoms with Crippen molar-refractivity contribution in [1.29, 1.82) is 0 Å². The first-order chi connectivity index (χ1) is 8.27. The number of likely N-dealkylation sites (tertiary alicyclic amines) is 1. The topological polar surface area (TPSA) is 32.5 Å². The first-order valence-electron chi connectivity index (χ1n) is 7.40. The molecule has 0 bridgehead atoms. The van der Waals surface area contributed by atoms with Crippen LogP contribution in [0.1, 0.15) is 44.9 Å². The molecule has 0 radical (unpaired) electrons. The summed E-state index contributed by atoms with van der Waals surface area (Å²) < 4.78 is 0. The van der Waals surface area contributed by atoms with Gasteiger partial charge in [-0.2, -0.15) is 0 Å². The van der Waals surface area contributed by atoms with E-state index >= 15 is 0 Å². The van der Waals surface area contributed by atoms with E-state index in [-0.39, 0.29) is 0 Å². The third-order valence-corrected chi connectivity index (χ3v) is 4.89. The molecule has 0 unspecified atom stereocenters. The van der Waals surface area contributed by atoms with Crippen LogP contribution < -0.4 is 5.73 Å². The van der Waals surface area contributed by atoms with Gasteiger partial charge in [0.25, 0.3) is 0 Å². The zero-order valence-corrected chi connectivity index (χ0v) is 11.5. The van der Waals surface area contributed by atoms with Crippen LogP contribution in [-0.2, 0) is 0 Å². The molecule has 3 heteroatoms. The first kappa shape index (κ1) is 13.3. The second kappa shape index (κ2) is 6.17. The summed E-state index contributed by atoms with van der Waals surface area (Å²) in [5.74, 6) is 0. The number of likely N-dealkylation sites (N-methyl/N-ethyl adjacent to an activating group) is 1. The SMILES string of the molecule is CN(CCCN1CCCC1)C1(CN)CCCC1. The maximum Gasteiger partial charge on any atom is 0.0328 e. The van der Waals surface area contributed by atoms with Crippen molar-refractivity contribution in [3.8, 4) is 0 Å². The van der Waals surface area contributed by atoms with Gasteiger partial charge in [-0.25, -0.2) is 0 Å². The standard InChI is InChI=1S/C14H29N3/c1-16(14(13-15)7-2-3-8-14)9-6-12-17-10-4-5-11-17/h2-13,15H2,1H3. The van der Waals surface area contributed by atoms with Gasteiger partial charge in [0.2, 0.25) is 0 Å². The molecule has 3 nitrogen and oxygen atoms in total. The van der Waals surface area contributed by atoms with E-state index in [4.69, 9.17) is 5.73 Å². The van der Waals surface area contributed by atoms with Gasteiger partial charge < -0.3 is 10.6 Å². The second-order valence-electron chi connectivity index (χ2n) is 5.96. The molecule has 1 saturated carbocycles. The molecule has 1 saturated heterocycles. The summed E-state index contributed by atoms with van der Waals surface area (Å²) in [6.45, 7) is 5.99. The highest BCUT2D eigenvalue weighted by molar-refractivity contribution is 4.94. The summed E-state index contributed by atoms with van der Waals surface area (Å²) in [6, 6.07) is 0. The number of rotatable bonds is 6. The largest absolute Gasteiger partial charge is 0.329 e. The van der Waals surface area contributed by atoms with Crippen molar-refractivity contribution < 1.29 is 0 Å². The Bertz CT molecular complexity index is 218. The van der Waals surface area contributed by atoms with Crippen molar-refractivity contribution in [3.05, 3.63) is 0 Å². The van der Waals surface area contributed by atoms with Crippen LogP contribution in [0, 0.1) is 0 Å². The Hall–Kier alpha value is -0.120. The Labute approximate surface area is 106 Å². The van der Waals surface area contributed by atoms with Crippen LogP contribution in [0.5, 0.6) is 0 Å². The van der Waals surface area contributed by atoms with Gasteiger partial charge in [-0.3, -0.25) is 4.90 Å². The lowest BCUT2D eigenvalue weighted by atomic mass is 9.95. The maximum atomic E-state index is 6.01. The average Bonchev–Trinajstić information content (AvgIpc) is 3.00. The number of hydrogen-bond donors (Lipinski definition) is 1. The predicted molar refractivity (Wildman–Crippen MR) is 73.2 cm³/mol. The van der Waals surface area contributed by atoms with Crippen LogP contribution in [0.2, 0.25) is 0 Å². The van der Waals surface area contributed by atoms with E-state index in [9.17, 15) is 0 Å². The van der Waals surface area contributed by atoms with Crippen LogP contribution in [0.15, 0.2) is 0 Å². The Morgan fingerprint density at radius 2 is 1.76 bits per heavy atom. The van der Waals surface area contributed by atoms with Crippen molar-refractivity contribution in [3.63, 3.8) is 0 Å². The van der Waals surface area contributed by atoms with Crippen molar-refractivity contribution in [2.24, 2.45) is 5.73 Å². The van der Waals surface area contributed by atoms with Gasteiger partial charge in [0.05, 0.1) is 0 Å². The Kier molecular flexibility index (Phi) is 4.83. The van der Waals surface area contributed by atoms with E-state index in [1.54, 1.807) is 0 Å². The summed E-state index contributed by atoms with van der Waals surface area (Å²) >= 11 is 0. The lowest BCUT2D eigenvalue weighted by Gasteiger charge is -2.38. The molecule has 0 aromatic heterocycles. The zero-order valence-electron chi connectivity index (χ0n) is 11.5. The van der Waals surface area contributed by atoms with E-state index in [0.717, 1.165) is 6.54 Å². The van der Waals surface area contributed by atoms with E-state index in [1.165, 1.54) is 71.1 Å². The molecule has 1 heterocycles. The molecule has 17 heavy (non-hydrogen) atoms. The molecule has 0 aromatic rings. The van der Waals surface area contributed by atoms with Crippen LogP contribution >= 0.6 is 0 Å². The van der Waals surface area contributed by atoms with Gasteiger partial charge in [-0.1, -0.05) is 12.8 Å². The Balaban J connectivity index is 1.70. The molecule has 1 aliphatic heterocycles. The highest BCUT2D eigenvalue weighted by Gasteiger charge is 2.35. The van der Waals surface area contributed by atoms with Gasteiger partial charge >= 0.3 is 0 Å². The third-order valence-electron chi connectivity index (χ3n) is 4.89. The number of nitrogens with zero attached hydrogens (tertiary/aromatic N) is 2. The minimum absolute atomic E-state index is 0.338. The highest BCUT2D eigenvalue weighted by atomic mass is 15.2. The van der Waals surface area contributed by atoms with Crippen LogP contribution in [-0.4, -0.2) is 55.1 Å². The minimum Gasteiger partial charge on any atom is -0.329 e. The summed E-state index contributed by atoms with van der Waals surface area (Å²) in [4.78, 5) is 5.16. The molecule has 2 fully saturated rings. The summed E-state index contributed by atoms with van der Waals surface area (Å²) in [6.07, 6.45) is 9.47. The molecule has 0 aromatic carbocycles. The fourth-order valence-electron chi connectivity index (χ4n) is 3.55. The summed E-state index contributed by atoms with van der Waals surface area (Å²) in [5, 5.41) is 0. The first-order valence-corrected chi connectivity index (χ1v) is 7.40. The van der Waals surface area contributed by atoms with Gasteiger partial charge in [-0.05, 0) is 65.3 Å². The minimum atomic E-state index is 0.338. The van der Waals surface area contributed by atoms with Crippen LogP contribution in [0.4, 0.5) is 0 Å². The quantitative estimate of drug-likeness (QED) is 0.765. The molecule has 1 aliphatic carbocycles. The van der Waals surface area contributed by atoms with Crippen molar-refractivity contribution in [2.45, 2.75) is 50.5 Å². The fraction of sp³-hybridized carbons (Fsp3) is 1.00. The van der Waals surface area contributed by atoms with Crippen molar-refractivity contribution >= 4 is 0 Å². The second-order valence-corrected chi connectivity index (χ2v) is 5.96. The van der Waals surface area contributed by atoms with Gasteiger partial charge in [0.1, 0.15) is 0 Å². The molecule has 2 aliphatic rings. The van der Waals surface area contributed by atoms with Gasteiger partial charge in [0, 0.05) is 12.1 Å². The maximum absolute atomic E-state index is 6.01. The Morgan fingerprint density at radius 1 is 1.12 bits per heavy atom. The monoisotopic (exact) mass is 239 g/mol. The molecule has 2 rings (SSSR count). The molecule has 0 amide bonds. The smallest absolute Gasteiger partial charge is 0.0328 e. The molecule has 100 valence electrons. The van der Waals surface area contributed by atoms with E-state index in [0.29, 0.717) is 5.54 Å². The van der Waals surface area contributed by atoms with Gasteiger partial charge in [-0.15, -0.1) is 0 Å².